The van der Waals surface area contributed by atoms with Crippen molar-refractivity contribution in [2.45, 2.75) is 25.5 Å². The summed E-state index contributed by atoms with van der Waals surface area (Å²) in [5.41, 5.74) is 0.487. The zero-order valence-corrected chi connectivity index (χ0v) is 12.8. The van der Waals surface area contributed by atoms with Crippen molar-refractivity contribution in [1.82, 2.24) is 5.32 Å². The number of para-hydroxylation sites is 1. The quantitative estimate of drug-likeness (QED) is 0.729. The number of nitriles is 1. The average Bonchev–Trinajstić information content (AvgIpc) is 2.48. The van der Waals surface area contributed by atoms with E-state index in [2.05, 4.69) is 24.6 Å². The highest BCUT2D eigenvalue weighted by Gasteiger charge is 2.09. The van der Waals surface area contributed by atoms with E-state index in [0.717, 1.165) is 12.2 Å². The van der Waals surface area contributed by atoms with Gasteiger partial charge in [0.25, 0.3) is 0 Å². The van der Waals surface area contributed by atoms with Crippen molar-refractivity contribution in [1.29, 1.82) is 5.26 Å². The highest BCUT2D eigenvalue weighted by atomic mass is 32.2. The summed E-state index contributed by atoms with van der Waals surface area (Å²) in [6.07, 6.45) is 2.58. The first kappa shape index (κ1) is 16.8. The molecule has 1 aromatic rings. The van der Waals surface area contributed by atoms with Gasteiger partial charge in [0.05, 0.1) is 5.56 Å². The van der Waals surface area contributed by atoms with Gasteiger partial charge in [0, 0.05) is 12.6 Å². The normalized spacial score (nSPS) is 13.5. The summed E-state index contributed by atoms with van der Waals surface area (Å²) in [5.74, 6) is 1.63. The summed E-state index contributed by atoms with van der Waals surface area (Å²) < 4.78 is 5.49. The minimum Gasteiger partial charge on any atom is -0.489 e. The number of benzene rings is 1. The van der Waals surface area contributed by atoms with Gasteiger partial charge >= 0.3 is 0 Å². The molecule has 0 bridgehead atoms. The largest absolute Gasteiger partial charge is 0.489 e. The third-order valence-corrected chi connectivity index (χ3v) is 3.54. The van der Waals surface area contributed by atoms with Crippen LogP contribution in [0.4, 0.5) is 0 Å². The molecule has 0 aliphatic rings. The number of nitrogens with one attached hydrogen (secondary N) is 1. The van der Waals surface area contributed by atoms with E-state index >= 15 is 0 Å². The van der Waals surface area contributed by atoms with E-state index in [-0.39, 0.29) is 6.61 Å². The lowest BCUT2D eigenvalue weighted by molar-refractivity contribution is 0.104. The fraction of sp³-hybridized carbons (Fsp3) is 0.533. The first-order valence-electron chi connectivity index (χ1n) is 6.69. The molecule has 4 nitrogen and oxygen atoms in total. The Balaban J connectivity index is 2.29. The SMILES string of the molecule is CSCCC(C)NCC(O)COc1ccccc1C#N. The van der Waals surface area contributed by atoms with Crippen molar-refractivity contribution in [3.8, 4) is 11.8 Å². The average molecular weight is 294 g/mol. The van der Waals surface area contributed by atoms with E-state index < -0.39 is 6.10 Å². The molecule has 0 radical (unpaired) electrons. The van der Waals surface area contributed by atoms with E-state index in [9.17, 15) is 5.11 Å². The Morgan fingerprint density at radius 1 is 1.45 bits per heavy atom. The lowest BCUT2D eigenvalue weighted by Crippen LogP contribution is -2.36. The standard InChI is InChI=1S/C15H22N2O2S/c1-12(7-8-20-2)17-10-14(18)11-19-15-6-4-3-5-13(15)9-16/h3-6,12,14,17-18H,7-8,10-11H2,1-2H3. The number of ether oxygens (including phenoxy) is 1. The second-order valence-corrected chi connectivity index (χ2v) is 5.65. The monoisotopic (exact) mass is 294 g/mol. The molecule has 2 atom stereocenters. The predicted octanol–water partition coefficient (Wildman–Crippen LogP) is 2.03. The molecule has 0 amide bonds. The van der Waals surface area contributed by atoms with Crippen LogP contribution in [0.3, 0.4) is 0 Å². The summed E-state index contributed by atoms with van der Waals surface area (Å²) in [6.45, 7) is 2.78. The Labute approximate surface area is 125 Å². The fourth-order valence-electron chi connectivity index (χ4n) is 1.66. The number of aliphatic hydroxyl groups excluding tert-OH is 1. The maximum Gasteiger partial charge on any atom is 0.137 e. The van der Waals surface area contributed by atoms with Crippen LogP contribution in [0.15, 0.2) is 24.3 Å². The second kappa shape index (κ2) is 9.65. The van der Waals surface area contributed by atoms with Crippen LogP contribution >= 0.6 is 11.8 Å². The van der Waals surface area contributed by atoms with E-state index in [4.69, 9.17) is 10.00 Å². The highest BCUT2D eigenvalue weighted by Crippen LogP contribution is 2.16. The summed E-state index contributed by atoms with van der Waals surface area (Å²) >= 11 is 1.82. The minimum absolute atomic E-state index is 0.181. The molecule has 0 heterocycles. The molecule has 2 unspecified atom stereocenters. The third kappa shape index (κ3) is 6.29. The van der Waals surface area contributed by atoms with Gasteiger partial charge in [-0.05, 0) is 37.5 Å². The van der Waals surface area contributed by atoms with Gasteiger partial charge in [-0.15, -0.1) is 0 Å². The molecule has 0 aromatic heterocycles. The zero-order chi connectivity index (χ0) is 14.8. The third-order valence-electron chi connectivity index (χ3n) is 2.90. The zero-order valence-electron chi connectivity index (χ0n) is 12.0. The lowest BCUT2D eigenvalue weighted by atomic mass is 10.2. The number of thioether (sulfide) groups is 1. The van der Waals surface area contributed by atoms with Gasteiger partial charge in [0.1, 0.15) is 24.5 Å². The van der Waals surface area contributed by atoms with Crippen LogP contribution in [0, 0.1) is 11.3 Å². The van der Waals surface area contributed by atoms with Crippen LogP contribution in [0.5, 0.6) is 5.75 Å². The summed E-state index contributed by atoms with van der Waals surface area (Å²) in [7, 11) is 0. The topological polar surface area (TPSA) is 65.3 Å². The number of nitrogens with zero attached hydrogens (tertiary/aromatic N) is 1. The molecule has 110 valence electrons. The molecule has 1 rings (SSSR count). The lowest BCUT2D eigenvalue weighted by Gasteiger charge is -2.17. The molecule has 0 saturated carbocycles. The number of hydrogen-bond acceptors (Lipinski definition) is 5. The Bertz CT molecular complexity index is 434. The number of hydrogen-bond donors (Lipinski definition) is 2. The first-order chi connectivity index (χ1) is 9.67. The molecule has 0 aliphatic heterocycles. The van der Waals surface area contributed by atoms with Crippen LogP contribution in [0.1, 0.15) is 18.9 Å². The molecular formula is C15H22N2O2S. The van der Waals surface area contributed by atoms with E-state index in [1.807, 2.05) is 17.8 Å². The molecule has 5 heteroatoms. The smallest absolute Gasteiger partial charge is 0.137 e. The predicted molar refractivity (Wildman–Crippen MR) is 83.1 cm³/mol. The fourth-order valence-corrected chi connectivity index (χ4v) is 2.25. The maximum atomic E-state index is 9.87. The molecule has 20 heavy (non-hydrogen) atoms. The molecule has 1 aromatic carbocycles. The molecule has 0 fully saturated rings. The minimum atomic E-state index is -0.585. The Morgan fingerprint density at radius 3 is 2.90 bits per heavy atom. The summed E-state index contributed by atoms with van der Waals surface area (Å²) in [6, 6.07) is 9.48. The Morgan fingerprint density at radius 2 is 2.20 bits per heavy atom. The van der Waals surface area contributed by atoms with E-state index in [0.29, 0.717) is 23.9 Å². The van der Waals surface area contributed by atoms with Gasteiger partial charge < -0.3 is 15.2 Å². The van der Waals surface area contributed by atoms with Crippen molar-refractivity contribution < 1.29 is 9.84 Å². The molecule has 0 aliphatic carbocycles. The van der Waals surface area contributed by atoms with E-state index in [1.165, 1.54) is 0 Å². The summed E-state index contributed by atoms with van der Waals surface area (Å²) in [4.78, 5) is 0. The van der Waals surface area contributed by atoms with Crippen molar-refractivity contribution in [2.24, 2.45) is 0 Å². The van der Waals surface area contributed by atoms with Gasteiger partial charge in [-0.3, -0.25) is 0 Å². The van der Waals surface area contributed by atoms with Crippen LogP contribution in [-0.4, -0.2) is 42.4 Å². The van der Waals surface area contributed by atoms with Gasteiger partial charge in [0.2, 0.25) is 0 Å². The van der Waals surface area contributed by atoms with Gasteiger partial charge in [-0.2, -0.15) is 17.0 Å². The highest BCUT2D eigenvalue weighted by molar-refractivity contribution is 7.98. The summed E-state index contributed by atoms with van der Waals surface area (Å²) in [5, 5.41) is 22.1. The van der Waals surface area contributed by atoms with Crippen molar-refractivity contribution >= 4 is 11.8 Å². The Kier molecular flexibility index (Phi) is 8.12. The van der Waals surface area contributed by atoms with Crippen molar-refractivity contribution in [3.05, 3.63) is 29.8 Å². The van der Waals surface area contributed by atoms with Crippen LogP contribution < -0.4 is 10.1 Å². The van der Waals surface area contributed by atoms with Gasteiger partial charge in [-0.25, -0.2) is 0 Å². The molecule has 0 spiro atoms. The maximum absolute atomic E-state index is 9.87. The van der Waals surface area contributed by atoms with Gasteiger partial charge in [0.15, 0.2) is 0 Å². The second-order valence-electron chi connectivity index (χ2n) is 4.66. The Hall–Kier alpha value is -1.22. The first-order valence-corrected chi connectivity index (χ1v) is 8.09. The number of rotatable bonds is 9. The molecule has 0 saturated heterocycles. The molecular weight excluding hydrogens is 272 g/mol. The van der Waals surface area contributed by atoms with Crippen molar-refractivity contribution in [3.63, 3.8) is 0 Å². The van der Waals surface area contributed by atoms with E-state index in [1.54, 1.807) is 18.2 Å². The van der Waals surface area contributed by atoms with Gasteiger partial charge in [-0.1, -0.05) is 12.1 Å². The van der Waals surface area contributed by atoms with Crippen LogP contribution in [0.2, 0.25) is 0 Å². The number of aliphatic hydroxyl groups is 1. The van der Waals surface area contributed by atoms with Crippen molar-refractivity contribution in [2.75, 3.05) is 25.2 Å². The molecule has 2 N–H and O–H groups in total. The van der Waals surface area contributed by atoms with Crippen LogP contribution in [0.25, 0.3) is 0 Å². The van der Waals surface area contributed by atoms with Crippen LogP contribution in [-0.2, 0) is 0 Å².